The highest BCUT2D eigenvalue weighted by molar-refractivity contribution is 5.76. The number of anilines is 1. The summed E-state index contributed by atoms with van der Waals surface area (Å²) in [6.45, 7) is 5.69. The molecule has 1 amide bonds. The second-order valence-corrected chi connectivity index (χ2v) is 5.39. The average molecular weight is 292 g/mol. The quantitative estimate of drug-likeness (QED) is 0.711. The van der Waals surface area contributed by atoms with E-state index in [1.54, 1.807) is 0 Å². The van der Waals surface area contributed by atoms with Crippen LogP contribution in [-0.4, -0.2) is 31.0 Å². The summed E-state index contributed by atoms with van der Waals surface area (Å²) < 4.78 is 5.55. The van der Waals surface area contributed by atoms with Gasteiger partial charge in [0.05, 0.1) is 12.3 Å². The standard InChI is InChI=1S/C17H28N2O2/c1-4-6-11-19(3)17(20)10-8-14-7-9-16(15(18)13-14)21-12-5-2/h7,9,13H,4-6,8,10-12,18H2,1-3H3. The second kappa shape index (κ2) is 9.27. The maximum Gasteiger partial charge on any atom is 0.222 e. The normalized spacial score (nSPS) is 10.4. The van der Waals surface area contributed by atoms with Crippen molar-refractivity contribution in [3.8, 4) is 5.75 Å². The van der Waals surface area contributed by atoms with Crippen LogP contribution in [-0.2, 0) is 11.2 Å². The summed E-state index contributed by atoms with van der Waals surface area (Å²) in [5, 5.41) is 0. The highest BCUT2D eigenvalue weighted by Gasteiger charge is 2.09. The Morgan fingerprint density at radius 2 is 2.05 bits per heavy atom. The number of aryl methyl sites for hydroxylation is 1. The van der Waals surface area contributed by atoms with Gasteiger partial charge in [-0.05, 0) is 37.0 Å². The molecule has 21 heavy (non-hydrogen) atoms. The van der Waals surface area contributed by atoms with Crippen LogP contribution in [0, 0.1) is 0 Å². The lowest BCUT2D eigenvalue weighted by Gasteiger charge is -2.16. The summed E-state index contributed by atoms with van der Waals surface area (Å²) in [7, 11) is 1.87. The largest absolute Gasteiger partial charge is 0.491 e. The summed E-state index contributed by atoms with van der Waals surface area (Å²) in [6, 6.07) is 5.79. The molecule has 118 valence electrons. The molecule has 1 aromatic carbocycles. The summed E-state index contributed by atoms with van der Waals surface area (Å²) in [5.41, 5.74) is 7.70. The molecule has 0 fully saturated rings. The van der Waals surface area contributed by atoms with Crippen LogP contribution in [0.4, 0.5) is 5.69 Å². The van der Waals surface area contributed by atoms with Gasteiger partial charge in [-0.25, -0.2) is 0 Å². The molecule has 1 aromatic rings. The first-order valence-corrected chi connectivity index (χ1v) is 7.83. The molecule has 0 saturated heterocycles. The van der Waals surface area contributed by atoms with Crippen molar-refractivity contribution in [2.75, 3.05) is 25.9 Å². The minimum absolute atomic E-state index is 0.188. The Balaban J connectivity index is 2.48. The van der Waals surface area contributed by atoms with Gasteiger partial charge in [-0.15, -0.1) is 0 Å². The third-order valence-corrected chi connectivity index (χ3v) is 3.44. The van der Waals surface area contributed by atoms with E-state index in [9.17, 15) is 4.79 Å². The van der Waals surface area contributed by atoms with E-state index in [-0.39, 0.29) is 5.91 Å². The topological polar surface area (TPSA) is 55.6 Å². The van der Waals surface area contributed by atoms with Gasteiger partial charge in [-0.1, -0.05) is 26.3 Å². The molecule has 0 aromatic heterocycles. The van der Waals surface area contributed by atoms with Crippen LogP contribution in [0.15, 0.2) is 18.2 Å². The highest BCUT2D eigenvalue weighted by Crippen LogP contribution is 2.23. The molecule has 4 heteroatoms. The maximum atomic E-state index is 12.0. The predicted octanol–water partition coefficient (Wildman–Crippen LogP) is 3.25. The number of nitrogens with two attached hydrogens (primary N) is 1. The van der Waals surface area contributed by atoms with Crippen molar-refractivity contribution in [3.05, 3.63) is 23.8 Å². The molecule has 0 heterocycles. The van der Waals surface area contributed by atoms with Gasteiger partial charge in [0.2, 0.25) is 5.91 Å². The number of ether oxygens (including phenoxy) is 1. The van der Waals surface area contributed by atoms with Gasteiger partial charge in [-0.3, -0.25) is 4.79 Å². The molecule has 0 unspecified atom stereocenters. The SMILES string of the molecule is CCCCN(C)C(=O)CCc1ccc(OCCC)c(N)c1. The zero-order chi connectivity index (χ0) is 15.7. The minimum Gasteiger partial charge on any atom is -0.491 e. The van der Waals surface area contributed by atoms with Gasteiger partial charge in [-0.2, -0.15) is 0 Å². The number of carbonyl (C=O) groups is 1. The summed E-state index contributed by atoms with van der Waals surface area (Å²) in [6.07, 6.45) is 4.36. The Morgan fingerprint density at radius 3 is 2.67 bits per heavy atom. The number of benzene rings is 1. The van der Waals surface area contributed by atoms with Crippen LogP contribution >= 0.6 is 0 Å². The highest BCUT2D eigenvalue weighted by atomic mass is 16.5. The van der Waals surface area contributed by atoms with Crippen LogP contribution in [0.1, 0.15) is 45.1 Å². The third kappa shape index (κ3) is 6.06. The summed E-state index contributed by atoms with van der Waals surface area (Å²) in [4.78, 5) is 13.8. The second-order valence-electron chi connectivity index (χ2n) is 5.39. The Hall–Kier alpha value is -1.71. The molecule has 1 rings (SSSR count). The fraction of sp³-hybridized carbons (Fsp3) is 0.588. The van der Waals surface area contributed by atoms with E-state index in [4.69, 9.17) is 10.5 Å². The van der Waals surface area contributed by atoms with E-state index in [0.29, 0.717) is 25.1 Å². The van der Waals surface area contributed by atoms with Gasteiger partial charge < -0.3 is 15.4 Å². The van der Waals surface area contributed by atoms with Crippen LogP contribution in [0.5, 0.6) is 5.75 Å². The van der Waals surface area contributed by atoms with E-state index in [1.807, 2.05) is 30.1 Å². The van der Waals surface area contributed by atoms with Crippen LogP contribution in [0.3, 0.4) is 0 Å². The van der Waals surface area contributed by atoms with Crippen molar-refractivity contribution in [1.82, 2.24) is 4.90 Å². The summed E-state index contributed by atoms with van der Waals surface area (Å²) in [5.74, 6) is 0.917. The number of nitrogen functional groups attached to an aromatic ring is 1. The molecule has 0 atom stereocenters. The number of rotatable bonds is 9. The van der Waals surface area contributed by atoms with Crippen molar-refractivity contribution in [1.29, 1.82) is 0 Å². The fourth-order valence-electron chi connectivity index (χ4n) is 2.06. The Bertz CT molecular complexity index is 446. The first-order chi connectivity index (χ1) is 10.1. The molecule has 0 bridgehead atoms. The Labute approximate surface area is 128 Å². The first kappa shape index (κ1) is 17.3. The lowest BCUT2D eigenvalue weighted by molar-refractivity contribution is -0.129. The lowest BCUT2D eigenvalue weighted by atomic mass is 10.1. The molecule has 0 aliphatic carbocycles. The number of hydrogen-bond acceptors (Lipinski definition) is 3. The lowest BCUT2D eigenvalue weighted by Crippen LogP contribution is -2.27. The fourth-order valence-corrected chi connectivity index (χ4v) is 2.06. The number of amides is 1. The van der Waals surface area contributed by atoms with Crippen molar-refractivity contribution >= 4 is 11.6 Å². The zero-order valence-corrected chi connectivity index (χ0v) is 13.5. The Kier molecular flexibility index (Phi) is 7.65. The molecular formula is C17H28N2O2. The van der Waals surface area contributed by atoms with E-state index in [0.717, 1.165) is 37.1 Å². The smallest absolute Gasteiger partial charge is 0.222 e. The first-order valence-electron chi connectivity index (χ1n) is 7.83. The third-order valence-electron chi connectivity index (χ3n) is 3.44. The number of unbranched alkanes of at least 4 members (excludes halogenated alkanes) is 1. The van der Waals surface area contributed by atoms with Gasteiger partial charge in [0, 0.05) is 20.0 Å². The van der Waals surface area contributed by atoms with Crippen molar-refractivity contribution in [2.45, 2.75) is 46.0 Å². The zero-order valence-electron chi connectivity index (χ0n) is 13.5. The number of hydrogen-bond donors (Lipinski definition) is 1. The minimum atomic E-state index is 0.188. The molecule has 0 radical (unpaired) electrons. The number of nitrogens with zero attached hydrogens (tertiary/aromatic N) is 1. The van der Waals surface area contributed by atoms with Crippen molar-refractivity contribution in [2.24, 2.45) is 0 Å². The number of carbonyl (C=O) groups excluding carboxylic acids is 1. The van der Waals surface area contributed by atoms with Gasteiger partial charge >= 0.3 is 0 Å². The van der Waals surface area contributed by atoms with Gasteiger partial charge in [0.1, 0.15) is 5.75 Å². The summed E-state index contributed by atoms with van der Waals surface area (Å²) >= 11 is 0. The van der Waals surface area contributed by atoms with E-state index in [2.05, 4.69) is 13.8 Å². The monoisotopic (exact) mass is 292 g/mol. The maximum absolute atomic E-state index is 12.0. The van der Waals surface area contributed by atoms with Gasteiger partial charge in [0.25, 0.3) is 0 Å². The van der Waals surface area contributed by atoms with E-state index < -0.39 is 0 Å². The molecule has 2 N–H and O–H groups in total. The molecule has 0 aliphatic heterocycles. The predicted molar refractivity (Wildman–Crippen MR) is 87.5 cm³/mol. The van der Waals surface area contributed by atoms with E-state index >= 15 is 0 Å². The van der Waals surface area contributed by atoms with Crippen LogP contribution < -0.4 is 10.5 Å². The Morgan fingerprint density at radius 1 is 1.29 bits per heavy atom. The average Bonchev–Trinajstić information content (AvgIpc) is 2.49. The van der Waals surface area contributed by atoms with Crippen molar-refractivity contribution in [3.63, 3.8) is 0 Å². The van der Waals surface area contributed by atoms with Crippen molar-refractivity contribution < 1.29 is 9.53 Å². The van der Waals surface area contributed by atoms with Crippen LogP contribution in [0.2, 0.25) is 0 Å². The van der Waals surface area contributed by atoms with E-state index in [1.165, 1.54) is 0 Å². The molecule has 4 nitrogen and oxygen atoms in total. The molecular weight excluding hydrogens is 264 g/mol. The molecule has 0 aliphatic rings. The van der Waals surface area contributed by atoms with Crippen LogP contribution in [0.25, 0.3) is 0 Å². The molecule has 0 spiro atoms. The van der Waals surface area contributed by atoms with Gasteiger partial charge in [0.15, 0.2) is 0 Å². The molecule has 0 saturated carbocycles.